The number of guanidine groups is 1. The molecule has 0 spiro atoms. The summed E-state index contributed by atoms with van der Waals surface area (Å²) < 4.78 is 10.7. The number of nitrogens with zero attached hydrogens (tertiary/aromatic N) is 2. The van der Waals surface area contributed by atoms with Gasteiger partial charge in [0.1, 0.15) is 5.60 Å². The second kappa shape index (κ2) is 12.0. The van der Waals surface area contributed by atoms with Crippen molar-refractivity contribution >= 4 is 23.7 Å². The molecule has 0 aliphatic carbocycles. The monoisotopic (exact) mass is 439 g/mol. The molecule has 1 saturated heterocycles. The van der Waals surface area contributed by atoms with Crippen LogP contribution >= 0.6 is 11.6 Å². The van der Waals surface area contributed by atoms with Crippen LogP contribution in [0.5, 0.6) is 0 Å². The minimum Gasteiger partial charge on any atom is -0.444 e. The molecule has 1 amide bonds. The maximum atomic E-state index is 11.7. The molecule has 1 fully saturated rings. The normalized spacial score (nSPS) is 16.6. The standard InChI is InChI=1S/C21H34ClN5O3/c1-21(2,3)30-20(28)25-10-9-24-19(23-4)26-15-18(27-11-13-29-14-12-27)16-7-5-6-8-17(16)22/h5-8,18H,9-15H2,1-4H3,(H,25,28)(H2,23,24,26). The first kappa shape index (κ1) is 24.2. The first-order valence-electron chi connectivity index (χ1n) is 10.3. The van der Waals surface area contributed by atoms with Crippen molar-refractivity contribution in [2.75, 3.05) is 53.0 Å². The van der Waals surface area contributed by atoms with Crippen molar-refractivity contribution in [2.24, 2.45) is 4.99 Å². The molecule has 0 radical (unpaired) electrons. The highest BCUT2D eigenvalue weighted by Gasteiger charge is 2.24. The molecule has 0 bridgehead atoms. The molecule has 1 aromatic rings. The van der Waals surface area contributed by atoms with Crippen LogP contribution in [-0.2, 0) is 9.47 Å². The number of hydrogen-bond acceptors (Lipinski definition) is 5. The third-order valence-corrected chi connectivity index (χ3v) is 4.87. The van der Waals surface area contributed by atoms with Gasteiger partial charge in [0.25, 0.3) is 0 Å². The van der Waals surface area contributed by atoms with E-state index in [-0.39, 0.29) is 6.04 Å². The van der Waals surface area contributed by atoms with E-state index in [4.69, 9.17) is 21.1 Å². The quantitative estimate of drug-likeness (QED) is 0.343. The van der Waals surface area contributed by atoms with Gasteiger partial charge in [-0.2, -0.15) is 0 Å². The Morgan fingerprint density at radius 3 is 2.50 bits per heavy atom. The summed E-state index contributed by atoms with van der Waals surface area (Å²) in [6, 6.07) is 8.02. The van der Waals surface area contributed by atoms with Crippen molar-refractivity contribution < 1.29 is 14.3 Å². The second-order valence-electron chi connectivity index (χ2n) is 7.99. The molecule has 0 saturated carbocycles. The highest BCUT2D eigenvalue weighted by Crippen LogP contribution is 2.27. The number of alkyl carbamates (subject to hydrolysis) is 1. The zero-order valence-electron chi connectivity index (χ0n) is 18.3. The smallest absolute Gasteiger partial charge is 0.407 e. The molecule has 9 heteroatoms. The molecular weight excluding hydrogens is 406 g/mol. The lowest BCUT2D eigenvalue weighted by molar-refractivity contribution is 0.0170. The van der Waals surface area contributed by atoms with E-state index in [1.807, 2.05) is 39.0 Å². The van der Waals surface area contributed by atoms with Crippen LogP contribution in [0.1, 0.15) is 32.4 Å². The molecule has 8 nitrogen and oxygen atoms in total. The maximum absolute atomic E-state index is 11.7. The molecule has 3 N–H and O–H groups in total. The van der Waals surface area contributed by atoms with Gasteiger partial charge in [-0.15, -0.1) is 0 Å². The van der Waals surface area contributed by atoms with Gasteiger partial charge in [-0.25, -0.2) is 4.79 Å². The number of amides is 1. The molecule has 1 aliphatic heterocycles. The van der Waals surface area contributed by atoms with E-state index in [1.165, 1.54) is 0 Å². The highest BCUT2D eigenvalue weighted by molar-refractivity contribution is 6.31. The molecule has 1 atom stereocenters. The second-order valence-corrected chi connectivity index (χ2v) is 8.40. The van der Waals surface area contributed by atoms with E-state index >= 15 is 0 Å². The zero-order valence-corrected chi connectivity index (χ0v) is 19.1. The predicted molar refractivity (Wildman–Crippen MR) is 120 cm³/mol. The molecule has 1 unspecified atom stereocenters. The van der Waals surface area contributed by atoms with E-state index in [0.717, 1.165) is 23.7 Å². The number of halogens is 1. The fourth-order valence-corrected chi connectivity index (χ4v) is 3.41. The lowest BCUT2D eigenvalue weighted by atomic mass is 10.0. The number of hydrogen-bond donors (Lipinski definition) is 3. The first-order chi connectivity index (χ1) is 14.3. The van der Waals surface area contributed by atoms with Crippen molar-refractivity contribution in [1.29, 1.82) is 0 Å². The number of ether oxygens (including phenoxy) is 2. The number of carbonyl (C=O) groups is 1. The van der Waals surface area contributed by atoms with Crippen molar-refractivity contribution in [3.05, 3.63) is 34.9 Å². The fourth-order valence-electron chi connectivity index (χ4n) is 3.14. The van der Waals surface area contributed by atoms with Crippen LogP contribution in [0, 0.1) is 0 Å². The van der Waals surface area contributed by atoms with Gasteiger partial charge in [0.2, 0.25) is 0 Å². The first-order valence-corrected chi connectivity index (χ1v) is 10.7. The van der Waals surface area contributed by atoms with Gasteiger partial charge in [0, 0.05) is 44.8 Å². The van der Waals surface area contributed by atoms with Crippen LogP contribution in [0.3, 0.4) is 0 Å². The maximum Gasteiger partial charge on any atom is 0.407 e. The third-order valence-electron chi connectivity index (χ3n) is 4.52. The number of aliphatic imine (C=N–C) groups is 1. The summed E-state index contributed by atoms with van der Waals surface area (Å²) in [5, 5.41) is 10.0. The number of carbonyl (C=O) groups excluding carboxylic acids is 1. The Bertz CT molecular complexity index is 702. The van der Waals surface area contributed by atoms with Crippen molar-refractivity contribution in [3.63, 3.8) is 0 Å². The molecule has 2 rings (SSSR count). The van der Waals surface area contributed by atoms with E-state index in [2.05, 4.69) is 31.9 Å². The van der Waals surface area contributed by atoms with Crippen molar-refractivity contribution in [2.45, 2.75) is 32.4 Å². The zero-order chi connectivity index (χ0) is 22.0. The number of benzene rings is 1. The Labute approximate surface area is 184 Å². The molecule has 1 aromatic carbocycles. The summed E-state index contributed by atoms with van der Waals surface area (Å²) in [7, 11) is 1.72. The van der Waals surface area contributed by atoms with Crippen LogP contribution in [0.4, 0.5) is 4.79 Å². The van der Waals surface area contributed by atoms with Gasteiger partial charge in [-0.3, -0.25) is 9.89 Å². The third kappa shape index (κ3) is 8.38. The van der Waals surface area contributed by atoms with Crippen LogP contribution < -0.4 is 16.0 Å². The van der Waals surface area contributed by atoms with Gasteiger partial charge < -0.3 is 25.4 Å². The minimum atomic E-state index is -0.512. The Morgan fingerprint density at radius 1 is 1.20 bits per heavy atom. The Morgan fingerprint density at radius 2 is 1.87 bits per heavy atom. The SMILES string of the molecule is CN=C(NCCNC(=O)OC(C)(C)C)NCC(c1ccccc1Cl)N1CCOCC1. The molecule has 168 valence electrons. The molecule has 0 aromatic heterocycles. The van der Waals surface area contributed by atoms with Gasteiger partial charge in [0.15, 0.2) is 5.96 Å². The Kier molecular flexibility index (Phi) is 9.68. The summed E-state index contributed by atoms with van der Waals surface area (Å²) >= 11 is 6.48. The average Bonchev–Trinajstić information content (AvgIpc) is 2.70. The molecule has 1 aliphatic rings. The number of nitrogens with one attached hydrogen (secondary N) is 3. The predicted octanol–water partition coefficient (Wildman–Crippen LogP) is 2.40. The van der Waals surface area contributed by atoms with Crippen molar-refractivity contribution in [1.82, 2.24) is 20.9 Å². The molecular formula is C21H34ClN5O3. The van der Waals surface area contributed by atoms with Gasteiger partial charge in [0.05, 0.1) is 19.3 Å². The van der Waals surface area contributed by atoms with E-state index in [1.54, 1.807) is 7.05 Å². The van der Waals surface area contributed by atoms with Crippen LogP contribution in [-0.4, -0.2) is 75.5 Å². The Balaban J connectivity index is 1.87. The summed E-state index contributed by atoms with van der Waals surface area (Å²) in [6.45, 7) is 10.2. The van der Waals surface area contributed by atoms with E-state index < -0.39 is 11.7 Å². The minimum absolute atomic E-state index is 0.0982. The Hall–Kier alpha value is -2.03. The topological polar surface area (TPSA) is 87.2 Å². The van der Waals surface area contributed by atoms with Crippen LogP contribution in [0.2, 0.25) is 5.02 Å². The van der Waals surface area contributed by atoms with Gasteiger partial charge in [-0.1, -0.05) is 29.8 Å². The largest absolute Gasteiger partial charge is 0.444 e. The molecule has 1 heterocycles. The van der Waals surface area contributed by atoms with Crippen LogP contribution in [0.25, 0.3) is 0 Å². The summed E-state index contributed by atoms with van der Waals surface area (Å²) in [5.41, 5.74) is 0.568. The number of morpholine rings is 1. The summed E-state index contributed by atoms with van der Waals surface area (Å²) in [5.74, 6) is 0.659. The van der Waals surface area contributed by atoms with Gasteiger partial charge in [-0.05, 0) is 32.4 Å². The lowest BCUT2D eigenvalue weighted by Gasteiger charge is -2.35. The summed E-state index contributed by atoms with van der Waals surface area (Å²) in [6.07, 6.45) is -0.432. The van der Waals surface area contributed by atoms with E-state index in [0.29, 0.717) is 38.8 Å². The van der Waals surface area contributed by atoms with Gasteiger partial charge >= 0.3 is 6.09 Å². The average molecular weight is 440 g/mol. The van der Waals surface area contributed by atoms with Crippen LogP contribution in [0.15, 0.2) is 29.3 Å². The van der Waals surface area contributed by atoms with Crippen molar-refractivity contribution in [3.8, 4) is 0 Å². The van der Waals surface area contributed by atoms with E-state index in [9.17, 15) is 4.79 Å². The number of rotatable bonds is 7. The fraction of sp³-hybridized carbons (Fsp3) is 0.619. The lowest BCUT2D eigenvalue weighted by Crippen LogP contribution is -2.47. The summed E-state index contributed by atoms with van der Waals surface area (Å²) in [4.78, 5) is 18.4. The molecule has 30 heavy (non-hydrogen) atoms. The highest BCUT2D eigenvalue weighted by atomic mass is 35.5.